The number of benzene rings is 1. The van der Waals surface area contributed by atoms with Gasteiger partial charge in [0.05, 0.1) is 5.56 Å². The molecule has 0 saturated carbocycles. The number of hydrogen-bond acceptors (Lipinski definition) is 3. The molecule has 0 atom stereocenters. The van der Waals surface area contributed by atoms with Gasteiger partial charge < -0.3 is 16.0 Å². The average Bonchev–Trinajstić information content (AvgIpc) is 2.53. The highest BCUT2D eigenvalue weighted by Crippen LogP contribution is 2.30. The number of carbonyl (C=O) groups excluding carboxylic acids is 2. The highest BCUT2D eigenvalue weighted by atomic mass is 19.4. The number of nitrogens with two attached hydrogens (primary N) is 1. The maximum atomic E-state index is 12.5. The van der Waals surface area contributed by atoms with Crippen LogP contribution in [0.3, 0.4) is 0 Å². The molecule has 142 valence electrons. The molecule has 0 spiro atoms. The van der Waals surface area contributed by atoms with Gasteiger partial charge in [0.15, 0.2) is 0 Å². The number of halogens is 3. The van der Waals surface area contributed by atoms with Gasteiger partial charge in [0.2, 0.25) is 5.91 Å². The number of anilines is 1. The van der Waals surface area contributed by atoms with Crippen molar-refractivity contribution in [3.8, 4) is 0 Å². The number of hydrogen-bond donors (Lipinski definition) is 2. The lowest BCUT2D eigenvalue weighted by Gasteiger charge is -2.47. The number of primary amides is 1. The SMILES string of the molecule is NC(=O)C1CCN(C2CN(C(=O)Nc3ccc(C(F)(F)F)cc3)C2)CC1. The fourth-order valence-electron chi connectivity index (χ4n) is 3.35. The van der Waals surface area contributed by atoms with E-state index in [-0.39, 0.29) is 23.9 Å². The van der Waals surface area contributed by atoms with Crippen molar-refractivity contribution in [2.45, 2.75) is 25.1 Å². The molecule has 3 amide bonds. The van der Waals surface area contributed by atoms with E-state index < -0.39 is 11.7 Å². The zero-order valence-electron chi connectivity index (χ0n) is 14.1. The van der Waals surface area contributed by atoms with Gasteiger partial charge in [0, 0.05) is 30.7 Å². The molecule has 2 fully saturated rings. The van der Waals surface area contributed by atoms with Crippen LogP contribution in [-0.4, -0.2) is 54.0 Å². The number of piperidine rings is 1. The van der Waals surface area contributed by atoms with Crippen molar-refractivity contribution in [1.82, 2.24) is 9.80 Å². The molecule has 0 radical (unpaired) electrons. The Labute approximate surface area is 149 Å². The third-order valence-corrected chi connectivity index (χ3v) is 5.06. The molecule has 6 nitrogen and oxygen atoms in total. The maximum Gasteiger partial charge on any atom is 0.416 e. The summed E-state index contributed by atoms with van der Waals surface area (Å²) in [6.45, 7) is 2.70. The second-order valence-electron chi connectivity index (χ2n) is 6.78. The molecular formula is C17H21F3N4O2. The summed E-state index contributed by atoms with van der Waals surface area (Å²) < 4.78 is 37.6. The van der Waals surface area contributed by atoms with Crippen LogP contribution in [0.25, 0.3) is 0 Å². The van der Waals surface area contributed by atoms with Gasteiger partial charge >= 0.3 is 12.2 Å². The molecule has 1 aromatic carbocycles. The molecule has 2 aliphatic heterocycles. The minimum atomic E-state index is -4.39. The lowest BCUT2D eigenvalue weighted by atomic mass is 9.94. The number of alkyl halides is 3. The first-order valence-corrected chi connectivity index (χ1v) is 8.50. The molecule has 9 heteroatoms. The Morgan fingerprint density at radius 1 is 1.08 bits per heavy atom. The fraction of sp³-hybridized carbons (Fsp3) is 0.529. The Morgan fingerprint density at radius 2 is 1.65 bits per heavy atom. The van der Waals surface area contributed by atoms with Crippen LogP contribution in [0, 0.1) is 5.92 Å². The van der Waals surface area contributed by atoms with Gasteiger partial charge in [-0.1, -0.05) is 0 Å². The normalized spacial score (nSPS) is 19.9. The molecule has 2 saturated heterocycles. The second-order valence-corrected chi connectivity index (χ2v) is 6.78. The third kappa shape index (κ3) is 4.09. The summed E-state index contributed by atoms with van der Waals surface area (Å²) in [5.41, 5.74) is 4.90. The molecular weight excluding hydrogens is 349 g/mol. The van der Waals surface area contributed by atoms with Crippen molar-refractivity contribution >= 4 is 17.6 Å². The Hall–Kier alpha value is -2.29. The molecule has 26 heavy (non-hydrogen) atoms. The van der Waals surface area contributed by atoms with E-state index in [0.29, 0.717) is 18.8 Å². The third-order valence-electron chi connectivity index (χ3n) is 5.06. The molecule has 0 aliphatic carbocycles. The van der Waals surface area contributed by atoms with E-state index in [1.54, 1.807) is 4.90 Å². The summed E-state index contributed by atoms with van der Waals surface area (Å²) in [7, 11) is 0. The standard InChI is InChI=1S/C17H21F3N4O2/c18-17(19,20)12-1-3-13(4-2-12)22-16(26)24-9-14(10-24)23-7-5-11(6-8-23)15(21)25/h1-4,11,14H,5-10H2,(H2,21,25)(H,22,26). The van der Waals surface area contributed by atoms with Crippen LogP contribution in [0.5, 0.6) is 0 Å². The summed E-state index contributed by atoms with van der Waals surface area (Å²) in [6.07, 6.45) is -2.91. The molecule has 0 aromatic heterocycles. The van der Waals surface area contributed by atoms with Gasteiger partial charge in [0.1, 0.15) is 0 Å². The van der Waals surface area contributed by atoms with Crippen LogP contribution in [0.15, 0.2) is 24.3 Å². The summed E-state index contributed by atoms with van der Waals surface area (Å²) in [6, 6.07) is 4.30. The highest BCUT2D eigenvalue weighted by molar-refractivity contribution is 5.90. The van der Waals surface area contributed by atoms with E-state index in [2.05, 4.69) is 10.2 Å². The van der Waals surface area contributed by atoms with Crippen molar-refractivity contribution < 1.29 is 22.8 Å². The number of nitrogens with zero attached hydrogens (tertiary/aromatic N) is 2. The first kappa shape index (κ1) is 18.5. The first-order valence-electron chi connectivity index (χ1n) is 8.50. The van der Waals surface area contributed by atoms with E-state index in [1.807, 2.05) is 0 Å². The van der Waals surface area contributed by atoms with E-state index >= 15 is 0 Å². The number of urea groups is 1. The summed E-state index contributed by atoms with van der Waals surface area (Å²) in [5, 5.41) is 2.61. The Kier molecular flexibility index (Phi) is 5.08. The fourth-order valence-corrected chi connectivity index (χ4v) is 3.35. The van der Waals surface area contributed by atoms with E-state index in [0.717, 1.165) is 38.1 Å². The molecule has 3 rings (SSSR count). The van der Waals surface area contributed by atoms with E-state index in [9.17, 15) is 22.8 Å². The number of rotatable bonds is 3. The molecule has 2 heterocycles. The van der Waals surface area contributed by atoms with Crippen LogP contribution in [0.2, 0.25) is 0 Å². The first-order chi connectivity index (χ1) is 12.2. The van der Waals surface area contributed by atoms with Gasteiger partial charge in [-0.05, 0) is 50.2 Å². The van der Waals surface area contributed by atoms with Gasteiger partial charge in [-0.25, -0.2) is 4.79 Å². The zero-order chi connectivity index (χ0) is 18.9. The topological polar surface area (TPSA) is 78.7 Å². The van der Waals surface area contributed by atoms with Gasteiger partial charge in [-0.15, -0.1) is 0 Å². The Morgan fingerprint density at radius 3 is 2.15 bits per heavy atom. The lowest BCUT2D eigenvalue weighted by molar-refractivity contribution is -0.137. The number of nitrogens with one attached hydrogen (secondary N) is 1. The molecule has 2 aliphatic rings. The Balaban J connectivity index is 1.44. The summed E-state index contributed by atoms with van der Waals surface area (Å²) >= 11 is 0. The molecule has 1 aromatic rings. The van der Waals surface area contributed by atoms with E-state index in [1.165, 1.54) is 12.1 Å². The van der Waals surface area contributed by atoms with Crippen LogP contribution in [0.1, 0.15) is 18.4 Å². The maximum absolute atomic E-state index is 12.5. The minimum Gasteiger partial charge on any atom is -0.369 e. The van der Waals surface area contributed by atoms with Crippen molar-refractivity contribution in [2.24, 2.45) is 11.7 Å². The number of carbonyl (C=O) groups is 2. The second kappa shape index (κ2) is 7.14. The average molecular weight is 370 g/mol. The Bertz CT molecular complexity index is 664. The smallest absolute Gasteiger partial charge is 0.369 e. The summed E-state index contributed by atoms with van der Waals surface area (Å²) in [4.78, 5) is 27.2. The quantitative estimate of drug-likeness (QED) is 0.856. The highest BCUT2D eigenvalue weighted by Gasteiger charge is 2.37. The zero-order valence-corrected chi connectivity index (χ0v) is 14.1. The largest absolute Gasteiger partial charge is 0.416 e. The van der Waals surface area contributed by atoms with Crippen LogP contribution in [-0.2, 0) is 11.0 Å². The summed E-state index contributed by atoms with van der Waals surface area (Å²) in [5.74, 6) is -0.318. The van der Waals surface area contributed by atoms with Gasteiger partial charge in [-0.3, -0.25) is 9.69 Å². The predicted octanol–water partition coefficient (Wildman–Crippen LogP) is 2.12. The van der Waals surface area contributed by atoms with E-state index in [4.69, 9.17) is 5.73 Å². The van der Waals surface area contributed by atoms with Crippen molar-refractivity contribution in [3.05, 3.63) is 29.8 Å². The van der Waals surface area contributed by atoms with Crippen molar-refractivity contribution in [3.63, 3.8) is 0 Å². The lowest BCUT2D eigenvalue weighted by Crippen LogP contribution is -2.63. The minimum absolute atomic E-state index is 0.0644. The van der Waals surface area contributed by atoms with Crippen LogP contribution < -0.4 is 11.1 Å². The predicted molar refractivity (Wildman–Crippen MR) is 89.3 cm³/mol. The monoisotopic (exact) mass is 370 g/mol. The molecule has 3 N–H and O–H groups in total. The molecule has 0 bridgehead atoms. The number of amides is 3. The van der Waals surface area contributed by atoms with Crippen LogP contribution in [0.4, 0.5) is 23.7 Å². The van der Waals surface area contributed by atoms with Crippen molar-refractivity contribution in [2.75, 3.05) is 31.5 Å². The van der Waals surface area contributed by atoms with Gasteiger partial charge in [-0.2, -0.15) is 13.2 Å². The van der Waals surface area contributed by atoms with Crippen molar-refractivity contribution in [1.29, 1.82) is 0 Å². The molecule has 0 unspecified atom stereocenters. The van der Waals surface area contributed by atoms with Gasteiger partial charge in [0.25, 0.3) is 0 Å². The van der Waals surface area contributed by atoms with Crippen LogP contribution >= 0.6 is 0 Å². The number of likely N-dealkylation sites (tertiary alicyclic amines) is 2.